The number of halogens is 2. The monoisotopic (exact) mass is 344 g/mol. The number of anilines is 1. The third-order valence-electron chi connectivity index (χ3n) is 2.33. The number of nitrogens with one attached hydrogen (secondary N) is 1. The summed E-state index contributed by atoms with van der Waals surface area (Å²) in [4.78, 5) is 15.9. The Labute approximate surface area is 122 Å². The number of nitrogens with zero attached hydrogens (tertiary/aromatic N) is 3. The lowest BCUT2D eigenvalue weighted by atomic mass is 10.3. The standard InChI is InChI=1S/C11H10BrClN4O2/c1-17-9(19-2)4-8(16-17)11(18)15-6-3-7(12)10(13)14-5-6/h3-5H,1-2H3,(H,15,18). The molecule has 0 radical (unpaired) electrons. The lowest BCUT2D eigenvalue weighted by molar-refractivity contribution is 0.102. The van der Waals surface area contributed by atoms with Crippen molar-refractivity contribution < 1.29 is 9.53 Å². The van der Waals surface area contributed by atoms with Gasteiger partial charge >= 0.3 is 0 Å². The fraction of sp³-hybridized carbons (Fsp3) is 0.182. The molecule has 0 fully saturated rings. The van der Waals surface area contributed by atoms with Gasteiger partial charge < -0.3 is 10.1 Å². The molecule has 0 aliphatic carbocycles. The van der Waals surface area contributed by atoms with Crippen molar-refractivity contribution in [2.45, 2.75) is 0 Å². The van der Waals surface area contributed by atoms with Gasteiger partial charge in [-0.05, 0) is 22.0 Å². The maximum atomic E-state index is 12.0. The van der Waals surface area contributed by atoms with Gasteiger partial charge in [0.15, 0.2) is 5.69 Å². The summed E-state index contributed by atoms with van der Waals surface area (Å²) in [5.74, 6) is 0.149. The van der Waals surface area contributed by atoms with E-state index < -0.39 is 0 Å². The SMILES string of the molecule is COc1cc(C(=O)Nc2cnc(Cl)c(Br)c2)nn1C. The molecule has 0 spiro atoms. The van der Waals surface area contributed by atoms with Crippen molar-refractivity contribution >= 4 is 39.1 Å². The van der Waals surface area contributed by atoms with E-state index in [4.69, 9.17) is 16.3 Å². The molecule has 19 heavy (non-hydrogen) atoms. The fourth-order valence-corrected chi connectivity index (χ4v) is 1.89. The molecule has 0 unspecified atom stereocenters. The minimum atomic E-state index is -0.352. The van der Waals surface area contributed by atoms with E-state index in [2.05, 4.69) is 31.3 Å². The van der Waals surface area contributed by atoms with Crippen LogP contribution < -0.4 is 10.1 Å². The summed E-state index contributed by atoms with van der Waals surface area (Å²) in [5, 5.41) is 7.04. The van der Waals surface area contributed by atoms with Crippen molar-refractivity contribution in [1.82, 2.24) is 14.8 Å². The molecule has 1 amide bonds. The first-order chi connectivity index (χ1) is 9.01. The van der Waals surface area contributed by atoms with Crippen LogP contribution in [0.1, 0.15) is 10.5 Å². The van der Waals surface area contributed by atoms with Gasteiger partial charge in [0.05, 0.1) is 23.5 Å². The van der Waals surface area contributed by atoms with Crippen LogP contribution in [0.15, 0.2) is 22.8 Å². The Bertz CT molecular complexity index is 629. The highest BCUT2D eigenvalue weighted by atomic mass is 79.9. The zero-order chi connectivity index (χ0) is 14.0. The van der Waals surface area contributed by atoms with Crippen molar-refractivity contribution in [3.05, 3.63) is 33.6 Å². The van der Waals surface area contributed by atoms with E-state index in [1.807, 2.05) is 0 Å². The van der Waals surface area contributed by atoms with E-state index >= 15 is 0 Å². The zero-order valence-electron chi connectivity index (χ0n) is 10.1. The van der Waals surface area contributed by atoms with Crippen LogP contribution in [0.2, 0.25) is 5.15 Å². The Morgan fingerprint density at radius 2 is 2.26 bits per heavy atom. The Morgan fingerprint density at radius 3 is 2.84 bits per heavy atom. The third kappa shape index (κ3) is 3.05. The van der Waals surface area contributed by atoms with E-state index in [-0.39, 0.29) is 11.6 Å². The summed E-state index contributed by atoms with van der Waals surface area (Å²) >= 11 is 9.01. The Hall–Kier alpha value is -1.60. The smallest absolute Gasteiger partial charge is 0.276 e. The van der Waals surface area contributed by atoms with Crippen LogP contribution in [0.5, 0.6) is 5.88 Å². The van der Waals surface area contributed by atoms with Gasteiger partial charge in [-0.1, -0.05) is 11.6 Å². The Morgan fingerprint density at radius 1 is 1.53 bits per heavy atom. The van der Waals surface area contributed by atoms with Crippen molar-refractivity contribution in [2.75, 3.05) is 12.4 Å². The topological polar surface area (TPSA) is 69.0 Å². The number of carbonyl (C=O) groups excluding carboxylic acids is 1. The molecule has 0 atom stereocenters. The molecule has 2 aromatic rings. The van der Waals surface area contributed by atoms with Gasteiger partial charge in [-0.15, -0.1) is 0 Å². The van der Waals surface area contributed by atoms with Crippen LogP contribution in [0, 0.1) is 0 Å². The number of hydrogen-bond acceptors (Lipinski definition) is 4. The number of amides is 1. The van der Waals surface area contributed by atoms with Crippen LogP contribution in [0.25, 0.3) is 0 Å². The van der Waals surface area contributed by atoms with Gasteiger partial charge in [0, 0.05) is 13.1 Å². The summed E-state index contributed by atoms with van der Waals surface area (Å²) in [7, 11) is 3.20. The molecule has 2 heterocycles. The van der Waals surface area contributed by atoms with Crippen molar-refractivity contribution in [3.8, 4) is 5.88 Å². The van der Waals surface area contributed by atoms with E-state index in [1.54, 1.807) is 19.2 Å². The van der Waals surface area contributed by atoms with E-state index in [0.717, 1.165) is 0 Å². The molecule has 100 valence electrons. The second-order valence-electron chi connectivity index (χ2n) is 3.65. The molecule has 2 aromatic heterocycles. The first-order valence-electron chi connectivity index (χ1n) is 5.21. The number of aromatic nitrogens is 3. The average Bonchev–Trinajstić information content (AvgIpc) is 2.75. The molecule has 0 bridgehead atoms. The van der Waals surface area contributed by atoms with Gasteiger partial charge in [0.25, 0.3) is 5.91 Å². The van der Waals surface area contributed by atoms with Crippen molar-refractivity contribution in [2.24, 2.45) is 7.05 Å². The molecular formula is C11H10BrClN4O2. The number of carbonyl (C=O) groups is 1. The number of methoxy groups -OCH3 is 1. The fourth-order valence-electron chi connectivity index (χ4n) is 1.44. The molecule has 8 heteroatoms. The highest BCUT2D eigenvalue weighted by Crippen LogP contribution is 2.23. The van der Waals surface area contributed by atoms with Crippen LogP contribution in [0.3, 0.4) is 0 Å². The Kier molecular flexibility index (Phi) is 4.06. The third-order valence-corrected chi connectivity index (χ3v) is 3.47. The maximum Gasteiger partial charge on any atom is 0.276 e. The highest BCUT2D eigenvalue weighted by Gasteiger charge is 2.14. The van der Waals surface area contributed by atoms with Gasteiger partial charge in [-0.2, -0.15) is 5.10 Å². The highest BCUT2D eigenvalue weighted by molar-refractivity contribution is 9.10. The minimum Gasteiger partial charge on any atom is -0.481 e. The van der Waals surface area contributed by atoms with E-state index in [1.165, 1.54) is 18.0 Å². The van der Waals surface area contributed by atoms with Crippen molar-refractivity contribution in [1.29, 1.82) is 0 Å². The first-order valence-corrected chi connectivity index (χ1v) is 6.39. The van der Waals surface area contributed by atoms with Crippen molar-refractivity contribution in [3.63, 3.8) is 0 Å². The normalized spacial score (nSPS) is 10.3. The summed E-state index contributed by atoms with van der Waals surface area (Å²) in [6.07, 6.45) is 1.46. The predicted octanol–water partition coefficient (Wildman–Crippen LogP) is 2.49. The Balaban J connectivity index is 2.18. The van der Waals surface area contributed by atoms with Crippen LogP contribution >= 0.6 is 27.5 Å². The molecule has 1 N–H and O–H groups in total. The molecule has 0 aromatic carbocycles. The quantitative estimate of drug-likeness (QED) is 0.868. The molecule has 0 aliphatic heterocycles. The number of hydrogen-bond donors (Lipinski definition) is 1. The predicted molar refractivity (Wildman–Crippen MR) is 74.7 cm³/mol. The lowest BCUT2D eigenvalue weighted by Gasteiger charge is -2.03. The van der Waals surface area contributed by atoms with E-state index in [9.17, 15) is 4.79 Å². The summed E-state index contributed by atoms with van der Waals surface area (Å²) in [5.41, 5.74) is 0.774. The molecule has 6 nitrogen and oxygen atoms in total. The lowest BCUT2D eigenvalue weighted by Crippen LogP contribution is -2.13. The van der Waals surface area contributed by atoms with Gasteiger partial charge in [0.1, 0.15) is 5.15 Å². The minimum absolute atomic E-state index is 0.255. The molecule has 0 saturated carbocycles. The zero-order valence-corrected chi connectivity index (χ0v) is 12.5. The van der Waals surface area contributed by atoms with Gasteiger partial charge in [0.2, 0.25) is 5.88 Å². The van der Waals surface area contributed by atoms with Crippen LogP contribution in [-0.4, -0.2) is 27.8 Å². The molecule has 0 aliphatic rings. The molecule has 0 saturated heterocycles. The van der Waals surface area contributed by atoms with E-state index in [0.29, 0.717) is 21.2 Å². The van der Waals surface area contributed by atoms with Gasteiger partial charge in [-0.3, -0.25) is 4.79 Å². The number of rotatable bonds is 3. The molecular weight excluding hydrogens is 336 g/mol. The second kappa shape index (κ2) is 5.58. The maximum absolute atomic E-state index is 12.0. The molecule has 2 rings (SSSR count). The number of pyridine rings is 1. The summed E-state index contributed by atoms with van der Waals surface area (Å²) in [6, 6.07) is 3.21. The average molecular weight is 346 g/mol. The van der Waals surface area contributed by atoms with Crippen LogP contribution in [0.4, 0.5) is 5.69 Å². The van der Waals surface area contributed by atoms with Gasteiger partial charge in [-0.25, -0.2) is 9.67 Å². The number of ether oxygens (including phenoxy) is 1. The summed E-state index contributed by atoms with van der Waals surface area (Å²) < 4.78 is 7.12. The first kappa shape index (κ1) is 13.8. The van der Waals surface area contributed by atoms with Crippen LogP contribution in [-0.2, 0) is 7.05 Å². The number of aryl methyl sites for hydroxylation is 1. The summed E-state index contributed by atoms with van der Waals surface area (Å²) in [6.45, 7) is 0. The largest absolute Gasteiger partial charge is 0.481 e. The second-order valence-corrected chi connectivity index (χ2v) is 4.86.